The normalized spacial score (nSPS) is 10.8. The number of hydrogen-bond donors (Lipinski definition) is 1. The molecule has 2 aromatic rings. The number of nitrogens with two attached hydrogens (primary N) is 1. The number of nitrogen functional groups attached to an aromatic ring is 1. The first-order valence-corrected chi connectivity index (χ1v) is 4.92. The maximum absolute atomic E-state index is 6.09. The van der Waals surface area contributed by atoms with Gasteiger partial charge in [0, 0.05) is 18.1 Å². The van der Waals surface area contributed by atoms with Crippen molar-refractivity contribution in [3.63, 3.8) is 0 Å². The van der Waals surface area contributed by atoms with Crippen LogP contribution in [0.25, 0.3) is 10.9 Å². The van der Waals surface area contributed by atoms with Crippen LogP contribution in [0.5, 0.6) is 0 Å². The molecule has 0 bridgehead atoms. The molecule has 0 aliphatic rings. The van der Waals surface area contributed by atoms with Crippen molar-refractivity contribution >= 4 is 28.2 Å². The summed E-state index contributed by atoms with van der Waals surface area (Å²) < 4.78 is 5.09. The number of halogens is 1. The van der Waals surface area contributed by atoms with Gasteiger partial charge in [0.1, 0.15) is 0 Å². The van der Waals surface area contributed by atoms with Crippen LogP contribution in [-0.4, -0.2) is 12.1 Å². The van der Waals surface area contributed by atoms with Crippen molar-refractivity contribution in [1.29, 1.82) is 0 Å². The highest BCUT2D eigenvalue weighted by molar-refractivity contribution is 6.37. The van der Waals surface area contributed by atoms with E-state index in [1.54, 1.807) is 13.3 Å². The molecule has 0 amide bonds. The first kappa shape index (κ1) is 10.2. The fourth-order valence-corrected chi connectivity index (χ4v) is 1.74. The monoisotopic (exact) mass is 222 g/mol. The summed E-state index contributed by atoms with van der Waals surface area (Å²) in [6.45, 7) is 0.518. The third-order valence-electron chi connectivity index (χ3n) is 2.24. The Hall–Kier alpha value is -1.32. The van der Waals surface area contributed by atoms with Crippen LogP contribution in [0.4, 0.5) is 5.69 Å². The number of hydrogen-bond acceptors (Lipinski definition) is 3. The lowest BCUT2D eigenvalue weighted by Crippen LogP contribution is -1.94. The Balaban J connectivity index is 2.72. The third-order valence-corrected chi connectivity index (χ3v) is 2.66. The molecule has 1 aromatic carbocycles. The smallest absolute Gasteiger partial charge is 0.0773 e. The Kier molecular flexibility index (Phi) is 2.75. The zero-order valence-corrected chi connectivity index (χ0v) is 9.08. The van der Waals surface area contributed by atoms with Crippen molar-refractivity contribution in [2.45, 2.75) is 6.61 Å². The van der Waals surface area contributed by atoms with Crippen molar-refractivity contribution in [2.75, 3.05) is 12.8 Å². The zero-order valence-electron chi connectivity index (χ0n) is 8.33. The van der Waals surface area contributed by atoms with Crippen LogP contribution >= 0.6 is 11.6 Å². The Bertz CT molecular complexity index is 499. The average molecular weight is 223 g/mol. The molecule has 78 valence electrons. The van der Waals surface area contributed by atoms with E-state index in [-0.39, 0.29) is 0 Å². The number of aromatic nitrogens is 1. The van der Waals surface area contributed by atoms with E-state index in [0.717, 1.165) is 16.5 Å². The van der Waals surface area contributed by atoms with Crippen molar-refractivity contribution < 1.29 is 4.74 Å². The summed E-state index contributed by atoms with van der Waals surface area (Å²) in [6.07, 6.45) is 1.57. The highest BCUT2D eigenvalue weighted by atomic mass is 35.5. The summed E-state index contributed by atoms with van der Waals surface area (Å²) in [4.78, 5) is 4.27. The fourth-order valence-electron chi connectivity index (χ4n) is 1.54. The van der Waals surface area contributed by atoms with Crippen LogP contribution in [0.3, 0.4) is 0 Å². The van der Waals surface area contributed by atoms with Crippen LogP contribution in [0, 0.1) is 0 Å². The molecule has 2 N–H and O–H groups in total. The van der Waals surface area contributed by atoms with Gasteiger partial charge >= 0.3 is 0 Å². The minimum atomic E-state index is 0.499. The number of para-hydroxylation sites is 1. The third kappa shape index (κ3) is 1.76. The Labute approximate surface area is 92.8 Å². The van der Waals surface area contributed by atoms with Gasteiger partial charge in [0.2, 0.25) is 0 Å². The van der Waals surface area contributed by atoms with Gasteiger partial charge < -0.3 is 10.5 Å². The fraction of sp³-hybridized carbons (Fsp3) is 0.182. The second-order valence-corrected chi connectivity index (χ2v) is 3.65. The van der Waals surface area contributed by atoms with E-state index < -0.39 is 0 Å². The van der Waals surface area contributed by atoms with Gasteiger partial charge in [0.05, 0.1) is 29.0 Å². The van der Waals surface area contributed by atoms with E-state index in [1.165, 1.54) is 0 Å². The molecule has 0 saturated carbocycles. The number of benzene rings is 1. The molecule has 0 saturated heterocycles. The molecule has 1 aromatic heterocycles. The summed E-state index contributed by atoms with van der Waals surface area (Å²) in [6, 6.07) is 5.79. The molecular weight excluding hydrogens is 212 g/mol. The molecule has 0 unspecified atom stereocenters. The van der Waals surface area contributed by atoms with E-state index in [1.807, 2.05) is 18.2 Å². The van der Waals surface area contributed by atoms with Crippen LogP contribution in [0.1, 0.15) is 5.56 Å². The van der Waals surface area contributed by atoms with Crippen molar-refractivity contribution in [2.24, 2.45) is 0 Å². The molecule has 0 spiro atoms. The summed E-state index contributed by atoms with van der Waals surface area (Å²) in [7, 11) is 1.65. The predicted molar refractivity (Wildman–Crippen MR) is 61.9 cm³/mol. The maximum Gasteiger partial charge on any atom is 0.0773 e. The highest BCUT2D eigenvalue weighted by Crippen LogP contribution is 2.29. The van der Waals surface area contributed by atoms with Gasteiger partial charge in [-0.2, -0.15) is 0 Å². The van der Waals surface area contributed by atoms with Crippen LogP contribution in [0.15, 0.2) is 24.4 Å². The number of rotatable bonds is 2. The largest absolute Gasteiger partial charge is 0.396 e. The van der Waals surface area contributed by atoms with Gasteiger partial charge in [0.15, 0.2) is 0 Å². The average Bonchev–Trinajstić information content (AvgIpc) is 2.25. The standard InChI is InChI=1S/C11H11ClN2O/c1-15-6-7-3-2-4-8-10(12)9(13)5-14-11(7)8/h2-5H,6,13H2,1H3. The van der Waals surface area contributed by atoms with E-state index in [2.05, 4.69) is 4.98 Å². The molecule has 15 heavy (non-hydrogen) atoms. The van der Waals surface area contributed by atoms with Gasteiger partial charge in [-0.25, -0.2) is 0 Å². The van der Waals surface area contributed by atoms with Crippen molar-refractivity contribution in [3.05, 3.63) is 35.0 Å². The zero-order chi connectivity index (χ0) is 10.8. The topological polar surface area (TPSA) is 48.1 Å². The lowest BCUT2D eigenvalue weighted by molar-refractivity contribution is 0.186. The van der Waals surface area contributed by atoms with Crippen LogP contribution in [-0.2, 0) is 11.3 Å². The van der Waals surface area contributed by atoms with E-state index in [0.29, 0.717) is 17.3 Å². The predicted octanol–water partition coefficient (Wildman–Crippen LogP) is 2.62. The molecule has 4 heteroatoms. The second kappa shape index (κ2) is 4.04. The molecule has 0 aliphatic heterocycles. The maximum atomic E-state index is 6.09. The summed E-state index contributed by atoms with van der Waals surface area (Å²) in [5.41, 5.74) is 8.04. The Morgan fingerprint density at radius 3 is 3.00 bits per heavy atom. The van der Waals surface area contributed by atoms with E-state index >= 15 is 0 Å². The number of nitrogens with zero attached hydrogens (tertiary/aromatic N) is 1. The second-order valence-electron chi connectivity index (χ2n) is 3.27. The molecule has 0 aliphatic carbocycles. The minimum absolute atomic E-state index is 0.499. The van der Waals surface area contributed by atoms with Gasteiger partial charge in [-0.3, -0.25) is 4.98 Å². The summed E-state index contributed by atoms with van der Waals surface area (Å²) in [5, 5.41) is 1.42. The highest BCUT2D eigenvalue weighted by Gasteiger charge is 2.07. The number of anilines is 1. The Morgan fingerprint density at radius 2 is 2.27 bits per heavy atom. The number of ether oxygens (including phenoxy) is 1. The van der Waals surface area contributed by atoms with Gasteiger partial charge in [0.25, 0.3) is 0 Å². The molecule has 2 rings (SSSR count). The van der Waals surface area contributed by atoms with Crippen LogP contribution < -0.4 is 5.73 Å². The number of methoxy groups -OCH3 is 1. The van der Waals surface area contributed by atoms with Crippen molar-refractivity contribution in [3.8, 4) is 0 Å². The number of fused-ring (bicyclic) bond motifs is 1. The SMILES string of the molecule is COCc1cccc2c(Cl)c(N)cnc12. The lowest BCUT2D eigenvalue weighted by atomic mass is 10.1. The van der Waals surface area contributed by atoms with Gasteiger partial charge in [-0.05, 0) is 0 Å². The van der Waals surface area contributed by atoms with E-state index in [4.69, 9.17) is 22.1 Å². The first-order chi connectivity index (χ1) is 7.24. The quantitative estimate of drug-likeness (QED) is 0.850. The molecule has 1 heterocycles. The minimum Gasteiger partial charge on any atom is -0.396 e. The number of pyridine rings is 1. The molecule has 0 atom stereocenters. The lowest BCUT2D eigenvalue weighted by Gasteiger charge is -2.07. The molecule has 0 fully saturated rings. The first-order valence-electron chi connectivity index (χ1n) is 4.54. The molecule has 3 nitrogen and oxygen atoms in total. The van der Waals surface area contributed by atoms with E-state index in [9.17, 15) is 0 Å². The molecular formula is C11H11ClN2O. The summed E-state index contributed by atoms with van der Waals surface area (Å²) in [5.74, 6) is 0. The van der Waals surface area contributed by atoms with Gasteiger partial charge in [-0.15, -0.1) is 0 Å². The Morgan fingerprint density at radius 1 is 1.47 bits per heavy atom. The van der Waals surface area contributed by atoms with Crippen LogP contribution in [0.2, 0.25) is 5.02 Å². The van der Waals surface area contributed by atoms with Gasteiger partial charge in [-0.1, -0.05) is 29.8 Å². The summed E-state index contributed by atoms with van der Waals surface area (Å²) >= 11 is 6.09. The van der Waals surface area contributed by atoms with Crippen molar-refractivity contribution in [1.82, 2.24) is 4.98 Å². The molecule has 0 radical (unpaired) electrons.